The van der Waals surface area contributed by atoms with Crippen molar-refractivity contribution in [3.05, 3.63) is 42.1 Å². The van der Waals surface area contributed by atoms with E-state index in [-0.39, 0.29) is 5.91 Å². The van der Waals surface area contributed by atoms with E-state index in [1.165, 1.54) is 5.56 Å². The van der Waals surface area contributed by atoms with Crippen molar-refractivity contribution < 1.29 is 4.79 Å². The molecule has 1 heterocycles. The fraction of sp³-hybridized carbons (Fsp3) is 0.412. The number of benzene rings is 1. The summed E-state index contributed by atoms with van der Waals surface area (Å²) in [6, 6.07) is 10.4. The molecule has 0 spiro atoms. The highest BCUT2D eigenvalue weighted by molar-refractivity contribution is 5.76. The van der Waals surface area contributed by atoms with E-state index in [4.69, 9.17) is 0 Å². The van der Waals surface area contributed by atoms with Gasteiger partial charge in [-0.15, -0.1) is 0 Å². The van der Waals surface area contributed by atoms with E-state index in [0.29, 0.717) is 18.9 Å². The summed E-state index contributed by atoms with van der Waals surface area (Å²) in [7, 11) is 1.94. The van der Waals surface area contributed by atoms with Gasteiger partial charge in [-0.05, 0) is 29.5 Å². The molecule has 0 fully saturated rings. The number of rotatable bonds is 6. The first-order chi connectivity index (χ1) is 10.1. The summed E-state index contributed by atoms with van der Waals surface area (Å²) in [5, 5.41) is 7.14. The minimum Gasteiger partial charge on any atom is -0.356 e. The van der Waals surface area contributed by atoms with Gasteiger partial charge in [0.05, 0.1) is 5.69 Å². The van der Waals surface area contributed by atoms with Crippen molar-refractivity contribution in [1.29, 1.82) is 0 Å². The summed E-state index contributed by atoms with van der Waals surface area (Å²) in [5.41, 5.74) is 3.49. The summed E-state index contributed by atoms with van der Waals surface area (Å²) in [5.74, 6) is 0.541. The number of amides is 1. The predicted octanol–water partition coefficient (Wildman–Crippen LogP) is 2.79. The molecule has 0 atom stereocenters. The maximum absolute atomic E-state index is 11.6. The first kappa shape index (κ1) is 15.3. The standard InChI is InChI=1S/C17H23N3O/c1-13(2)12-17(21)18-10-8-14-4-6-15(7-5-14)16-9-11-19-20(16)3/h4-7,9,11,13H,8,10,12H2,1-3H3,(H,18,21). The van der Waals surface area contributed by atoms with Crippen LogP contribution in [0, 0.1) is 5.92 Å². The Morgan fingerprint density at radius 1 is 1.24 bits per heavy atom. The van der Waals surface area contributed by atoms with Gasteiger partial charge < -0.3 is 5.32 Å². The summed E-state index contributed by atoms with van der Waals surface area (Å²) in [6.07, 6.45) is 3.25. The second-order valence-corrected chi connectivity index (χ2v) is 5.73. The Labute approximate surface area is 126 Å². The summed E-state index contributed by atoms with van der Waals surface area (Å²) < 4.78 is 1.86. The molecule has 0 saturated heterocycles. The Bertz CT molecular complexity index is 584. The molecule has 4 nitrogen and oxygen atoms in total. The van der Waals surface area contributed by atoms with Crippen molar-refractivity contribution in [1.82, 2.24) is 15.1 Å². The molecule has 0 radical (unpaired) electrons. The molecule has 0 aliphatic heterocycles. The van der Waals surface area contributed by atoms with Crippen LogP contribution in [0.5, 0.6) is 0 Å². The highest BCUT2D eigenvalue weighted by Crippen LogP contribution is 2.18. The van der Waals surface area contributed by atoms with E-state index in [1.807, 2.05) is 17.8 Å². The van der Waals surface area contributed by atoms with Crippen molar-refractivity contribution in [2.24, 2.45) is 13.0 Å². The lowest BCUT2D eigenvalue weighted by molar-refractivity contribution is -0.121. The van der Waals surface area contributed by atoms with Crippen LogP contribution in [0.15, 0.2) is 36.5 Å². The molecule has 1 aromatic carbocycles. The highest BCUT2D eigenvalue weighted by Gasteiger charge is 2.05. The van der Waals surface area contributed by atoms with Gasteiger partial charge in [0.25, 0.3) is 0 Å². The Morgan fingerprint density at radius 2 is 1.95 bits per heavy atom. The monoisotopic (exact) mass is 285 g/mol. The first-order valence-corrected chi connectivity index (χ1v) is 7.40. The lowest BCUT2D eigenvalue weighted by Gasteiger charge is -2.08. The van der Waals surface area contributed by atoms with Gasteiger partial charge in [0.1, 0.15) is 0 Å². The van der Waals surface area contributed by atoms with Gasteiger partial charge in [-0.1, -0.05) is 38.1 Å². The molecule has 0 unspecified atom stereocenters. The van der Waals surface area contributed by atoms with Crippen LogP contribution in [0.3, 0.4) is 0 Å². The normalized spacial score (nSPS) is 10.9. The van der Waals surface area contributed by atoms with E-state index in [1.54, 1.807) is 6.20 Å². The van der Waals surface area contributed by atoms with E-state index in [9.17, 15) is 4.79 Å². The van der Waals surface area contributed by atoms with E-state index in [0.717, 1.165) is 17.7 Å². The third kappa shape index (κ3) is 4.45. The highest BCUT2D eigenvalue weighted by atomic mass is 16.1. The third-order valence-corrected chi connectivity index (χ3v) is 3.40. The van der Waals surface area contributed by atoms with Crippen LogP contribution < -0.4 is 5.32 Å². The van der Waals surface area contributed by atoms with Gasteiger partial charge in [0, 0.05) is 26.2 Å². The smallest absolute Gasteiger partial charge is 0.220 e. The van der Waals surface area contributed by atoms with Crippen molar-refractivity contribution in [3.63, 3.8) is 0 Å². The number of hydrogen-bond donors (Lipinski definition) is 1. The van der Waals surface area contributed by atoms with Crippen molar-refractivity contribution in [3.8, 4) is 11.3 Å². The third-order valence-electron chi connectivity index (χ3n) is 3.40. The number of nitrogens with zero attached hydrogens (tertiary/aromatic N) is 2. The number of nitrogens with one attached hydrogen (secondary N) is 1. The topological polar surface area (TPSA) is 46.9 Å². The van der Waals surface area contributed by atoms with Crippen molar-refractivity contribution in [2.45, 2.75) is 26.7 Å². The van der Waals surface area contributed by atoms with Crippen LogP contribution in [-0.2, 0) is 18.3 Å². The zero-order chi connectivity index (χ0) is 15.2. The van der Waals surface area contributed by atoms with Gasteiger partial charge >= 0.3 is 0 Å². The molecular formula is C17H23N3O. The summed E-state index contributed by atoms with van der Waals surface area (Å²) in [6.45, 7) is 4.80. The van der Waals surface area contributed by atoms with Gasteiger partial charge in [0.2, 0.25) is 5.91 Å². The largest absolute Gasteiger partial charge is 0.356 e. The van der Waals surface area contributed by atoms with Crippen LogP contribution in [0.4, 0.5) is 0 Å². The lowest BCUT2D eigenvalue weighted by Crippen LogP contribution is -2.26. The lowest BCUT2D eigenvalue weighted by atomic mass is 10.1. The Morgan fingerprint density at radius 3 is 2.52 bits per heavy atom. The summed E-state index contributed by atoms with van der Waals surface area (Å²) in [4.78, 5) is 11.6. The Kier molecular flexibility index (Phi) is 5.14. The quantitative estimate of drug-likeness (QED) is 0.887. The fourth-order valence-electron chi connectivity index (χ4n) is 2.29. The van der Waals surface area contributed by atoms with Crippen LogP contribution in [0.25, 0.3) is 11.3 Å². The van der Waals surface area contributed by atoms with Gasteiger partial charge in [-0.25, -0.2) is 0 Å². The second-order valence-electron chi connectivity index (χ2n) is 5.73. The minimum atomic E-state index is 0.136. The molecule has 2 rings (SSSR count). The van der Waals surface area contributed by atoms with Crippen LogP contribution in [-0.4, -0.2) is 22.2 Å². The Balaban J connectivity index is 1.86. The summed E-state index contributed by atoms with van der Waals surface area (Å²) >= 11 is 0. The molecule has 112 valence electrons. The molecule has 1 aromatic heterocycles. The number of carbonyl (C=O) groups is 1. The maximum atomic E-state index is 11.6. The molecular weight excluding hydrogens is 262 g/mol. The molecule has 0 bridgehead atoms. The van der Waals surface area contributed by atoms with E-state index < -0.39 is 0 Å². The molecule has 0 saturated carbocycles. The van der Waals surface area contributed by atoms with E-state index >= 15 is 0 Å². The Hall–Kier alpha value is -2.10. The van der Waals surface area contributed by atoms with Crippen molar-refractivity contribution in [2.75, 3.05) is 6.54 Å². The second kappa shape index (κ2) is 7.07. The molecule has 1 amide bonds. The minimum absolute atomic E-state index is 0.136. The maximum Gasteiger partial charge on any atom is 0.220 e. The van der Waals surface area contributed by atoms with Crippen LogP contribution in [0.1, 0.15) is 25.8 Å². The molecule has 21 heavy (non-hydrogen) atoms. The molecule has 0 aliphatic rings. The molecule has 0 aliphatic carbocycles. The molecule has 4 heteroatoms. The van der Waals surface area contributed by atoms with Crippen molar-refractivity contribution >= 4 is 5.91 Å². The number of carbonyl (C=O) groups excluding carboxylic acids is 1. The van der Waals surface area contributed by atoms with E-state index in [2.05, 4.69) is 48.5 Å². The first-order valence-electron chi connectivity index (χ1n) is 7.40. The fourth-order valence-corrected chi connectivity index (χ4v) is 2.29. The predicted molar refractivity (Wildman–Crippen MR) is 84.8 cm³/mol. The van der Waals surface area contributed by atoms with Gasteiger partial charge in [-0.3, -0.25) is 9.48 Å². The zero-order valence-corrected chi connectivity index (χ0v) is 13.0. The number of hydrogen-bond acceptors (Lipinski definition) is 2. The van der Waals surface area contributed by atoms with Gasteiger partial charge in [0.15, 0.2) is 0 Å². The number of aryl methyl sites for hydroxylation is 1. The number of aromatic nitrogens is 2. The molecule has 1 N–H and O–H groups in total. The van der Waals surface area contributed by atoms with Crippen LogP contribution >= 0.6 is 0 Å². The SMILES string of the molecule is CC(C)CC(=O)NCCc1ccc(-c2ccnn2C)cc1. The average molecular weight is 285 g/mol. The zero-order valence-electron chi connectivity index (χ0n) is 13.0. The van der Waals surface area contributed by atoms with Crippen LogP contribution in [0.2, 0.25) is 0 Å². The van der Waals surface area contributed by atoms with Gasteiger partial charge in [-0.2, -0.15) is 5.10 Å². The molecule has 2 aromatic rings. The average Bonchev–Trinajstić information content (AvgIpc) is 2.85.